The molecule has 0 aliphatic rings. The van der Waals surface area contributed by atoms with E-state index in [0.717, 1.165) is 11.6 Å². The molecular formula is C13H12N2O3. The maximum absolute atomic E-state index is 11.2. The molecule has 0 bridgehead atoms. The highest BCUT2D eigenvalue weighted by atomic mass is 16.3. The molecule has 0 saturated carbocycles. The van der Waals surface area contributed by atoms with Gasteiger partial charge in [-0.05, 0) is 29.8 Å². The van der Waals surface area contributed by atoms with Crippen molar-refractivity contribution in [1.82, 2.24) is 0 Å². The lowest BCUT2D eigenvalue weighted by molar-refractivity contribution is -0.112. The number of carbonyl (C=O) groups is 1. The first-order valence-corrected chi connectivity index (χ1v) is 5.21. The Morgan fingerprint density at radius 3 is 2.89 bits per heavy atom. The highest BCUT2D eigenvalue weighted by Crippen LogP contribution is 2.33. The number of rotatable bonds is 3. The Morgan fingerprint density at radius 2 is 2.22 bits per heavy atom. The van der Waals surface area contributed by atoms with Crippen molar-refractivity contribution in [2.24, 2.45) is 0 Å². The number of benzene rings is 1. The lowest BCUT2D eigenvalue weighted by atomic mass is 10.1. The molecule has 1 amide bonds. The van der Waals surface area contributed by atoms with Gasteiger partial charge in [0.25, 0.3) is 0 Å². The summed E-state index contributed by atoms with van der Waals surface area (Å²) in [7, 11) is 0. The third kappa shape index (κ3) is 2.20. The average Bonchev–Trinajstić information content (AvgIpc) is 2.80. The molecule has 2 aromatic rings. The lowest BCUT2D eigenvalue weighted by Gasteiger charge is -2.05. The molecule has 0 atom stereocenters. The number of carbonyl (C=O) groups excluding carboxylic acids is 1. The zero-order valence-corrected chi connectivity index (χ0v) is 9.51. The van der Waals surface area contributed by atoms with E-state index in [1.54, 1.807) is 18.2 Å². The number of hydrogen-bond donors (Lipinski definition) is 3. The summed E-state index contributed by atoms with van der Waals surface area (Å²) in [5, 5.41) is 11.9. The molecule has 0 radical (unpaired) electrons. The van der Waals surface area contributed by atoms with Crippen molar-refractivity contribution in [3.8, 4) is 16.9 Å². The summed E-state index contributed by atoms with van der Waals surface area (Å²) < 4.78 is 5.18. The van der Waals surface area contributed by atoms with Crippen molar-refractivity contribution >= 4 is 17.5 Å². The van der Waals surface area contributed by atoms with Crippen LogP contribution < -0.4 is 11.1 Å². The molecule has 0 spiro atoms. The molecule has 5 nitrogen and oxygen atoms in total. The number of nitrogens with two attached hydrogens (primary N) is 1. The van der Waals surface area contributed by atoms with E-state index in [1.165, 1.54) is 12.3 Å². The number of phenolic OH excluding ortho intramolecular Hbond substituents is 1. The number of furan rings is 1. The molecule has 1 heterocycles. The largest absolute Gasteiger partial charge is 0.506 e. The number of nitrogen functional groups attached to an aromatic ring is 1. The molecule has 0 aliphatic heterocycles. The summed E-state index contributed by atoms with van der Waals surface area (Å²) >= 11 is 0. The van der Waals surface area contributed by atoms with Crippen molar-refractivity contribution in [3.63, 3.8) is 0 Å². The molecule has 92 valence electrons. The second-order valence-electron chi connectivity index (χ2n) is 3.63. The second kappa shape index (κ2) is 4.67. The van der Waals surface area contributed by atoms with E-state index in [0.29, 0.717) is 11.4 Å². The van der Waals surface area contributed by atoms with E-state index in [1.807, 2.05) is 0 Å². The van der Waals surface area contributed by atoms with E-state index < -0.39 is 0 Å². The van der Waals surface area contributed by atoms with E-state index in [9.17, 15) is 9.90 Å². The average molecular weight is 244 g/mol. The number of nitrogens with one attached hydrogen (secondary N) is 1. The lowest BCUT2D eigenvalue weighted by Crippen LogP contribution is -2.07. The van der Waals surface area contributed by atoms with E-state index in [2.05, 4.69) is 11.9 Å². The summed E-state index contributed by atoms with van der Waals surface area (Å²) in [5.74, 6) is -0.0399. The molecular weight excluding hydrogens is 232 g/mol. The van der Waals surface area contributed by atoms with Crippen LogP contribution in [-0.4, -0.2) is 11.0 Å². The van der Waals surface area contributed by atoms with Gasteiger partial charge in [-0.15, -0.1) is 0 Å². The van der Waals surface area contributed by atoms with Crippen LogP contribution in [0.15, 0.2) is 47.6 Å². The van der Waals surface area contributed by atoms with Gasteiger partial charge in [-0.25, -0.2) is 0 Å². The fourth-order valence-electron chi connectivity index (χ4n) is 1.52. The van der Waals surface area contributed by atoms with E-state index >= 15 is 0 Å². The Labute approximate surface area is 104 Å². The predicted molar refractivity (Wildman–Crippen MR) is 69.0 cm³/mol. The predicted octanol–water partition coefficient (Wildman–Crippen LogP) is 2.36. The van der Waals surface area contributed by atoms with Crippen LogP contribution in [0.2, 0.25) is 0 Å². The number of hydrogen-bond acceptors (Lipinski definition) is 4. The highest BCUT2D eigenvalue weighted by Gasteiger charge is 2.11. The van der Waals surface area contributed by atoms with Crippen LogP contribution in [0.3, 0.4) is 0 Å². The zero-order valence-electron chi connectivity index (χ0n) is 9.51. The van der Waals surface area contributed by atoms with Gasteiger partial charge in [-0.1, -0.05) is 12.6 Å². The van der Waals surface area contributed by atoms with Crippen LogP contribution in [0.5, 0.6) is 5.75 Å². The van der Waals surface area contributed by atoms with E-state index in [-0.39, 0.29) is 17.3 Å². The number of anilines is 2. The minimum Gasteiger partial charge on any atom is -0.506 e. The molecule has 0 unspecified atom stereocenters. The number of amides is 1. The molecule has 5 heteroatoms. The third-order valence-corrected chi connectivity index (χ3v) is 2.43. The maximum atomic E-state index is 11.2. The van der Waals surface area contributed by atoms with Crippen molar-refractivity contribution in [2.45, 2.75) is 0 Å². The summed E-state index contributed by atoms with van der Waals surface area (Å²) in [4.78, 5) is 11.2. The summed E-state index contributed by atoms with van der Waals surface area (Å²) in [6.07, 6.45) is 2.61. The van der Waals surface area contributed by atoms with Crippen molar-refractivity contribution < 1.29 is 14.3 Å². The third-order valence-electron chi connectivity index (χ3n) is 2.43. The molecule has 0 saturated heterocycles. The second-order valence-corrected chi connectivity index (χ2v) is 3.63. The molecule has 0 fully saturated rings. The molecule has 1 aromatic carbocycles. The Hall–Kier alpha value is -2.69. The maximum Gasteiger partial charge on any atom is 0.250 e. The zero-order chi connectivity index (χ0) is 13.1. The minimum atomic E-state index is -0.363. The number of aromatic hydroxyl groups is 1. The Balaban J connectivity index is 2.38. The van der Waals surface area contributed by atoms with Crippen molar-refractivity contribution in [2.75, 3.05) is 11.1 Å². The standard InChI is InChI=1S/C13H12N2O3/c1-2-12(17)15-13-9(5-6-18-13)8-3-4-11(16)10(14)7-8/h2-7,16H,1,14H2,(H,15,17). The van der Waals surface area contributed by atoms with Crippen LogP contribution in [0.25, 0.3) is 11.1 Å². The quantitative estimate of drug-likeness (QED) is 0.439. The van der Waals surface area contributed by atoms with Gasteiger partial charge in [0.15, 0.2) is 0 Å². The molecule has 4 N–H and O–H groups in total. The SMILES string of the molecule is C=CC(=O)Nc1occc1-c1ccc(O)c(N)c1. The fraction of sp³-hybridized carbons (Fsp3) is 0. The Bertz CT molecular complexity index is 602. The van der Waals surface area contributed by atoms with Crippen LogP contribution in [0.1, 0.15) is 0 Å². The van der Waals surface area contributed by atoms with Crippen molar-refractivity contribution in [1.29, 1.82) is 0 Å². The minimum absolute atomic E-state index is 0.0129. The molecule has 1 aromatic heterocycles. The van der Waals surface area contributed by atoms with Crippen LogP contribution in [-0.2, 0) is 4.79 Å². The van der Waals surface area contributed by atoms with Crippen LogP contribution in [0, 0.1) is 0 Å². The highest BCUT2D eigenvalue weighted by molar-refractivity contribution is 6.00. The van der Waals surface area contributed by atoms with Gasteiger partial charge in [0.05, 0.1) is 12.0 Å². The van der Waals surface area contributed by atoms with Gasteiger partial charge in [0, 0.05) is 5.56 Å². The van der Waals surface area contributed by atoms with Gasteiger partial charge in [-0.3, -0.25) is 10.1 Å². The van der Waals surface area contributed by atoms with Gasteiger partial charge < -0.3 is 15.3 Å². The smallest absolute Gasteiger partial charge is 0.250 e. The molecule has 0 aliphatic carbocycles. The van der Waals surface area contributed by atoms with Crippen LogP contribution >= 0.6 is 0 Å². The van der Waals surface area contributed by atoms with Gasteiger partial charge in [-0.2, -0.15) is 0 Å². The number of phenols is 1. The summed E-state index contributed by atoms with van der Waals surface area (Å²) in [6.45, 7) is 3.36. The van der Waals surface area contributed by atoms with Gasteiger partial charge in [0.2, 0.25) is 11.8 Å². The van der Waals surface area contributed by atoms with Gasteiger partial charge in [0.1, 0.15) is 5.75 Å². The summed E-state index contributed by atoms with van der Waals surface area (Å²) in [6, 6.07) is 6.46. The first-order valence-electron chi connectivity index (χ1n) is 5.21. The topological polar surface area (TPSA) is 88.5 Å². The van der Waals surface area contributed by atoms with Crippen LogP contribution in [0.4, 0.5) is 11.6 Å². The normalized spacial score (nSPS) is 10.0. The first-order chi connectivity index (χ1) is 8.61. The Morgan fingerprint density at radius 1 is 1.44 bits per heavy atom. The van der Waals surface area contributed by atoms with Gasteiger partial charge >= 0.3 is 0 Å². The monoisotopic (exact) mass is 244 g/mol. The van der Waals surface area contributed by atoms with E-state index in [4.69, 9.17) is 10.2 Å². The Kier molecular flexibility index (Phi) is 3.05. The molecule has 2 rings (SSSR count). The molecule has 18 heavy (non-hydrogen) atoms. The van der Waals surface area contributed by atoms with Crippen molar-refractivity contribution in [3.05, 3.63) is 43.2 Å². The fourth-order valence-corrected chi connectivity index (χ4v) is 1.52. The first kappa shape index (κ1) is 11.8. The summed E-state index contributed by atoms with van der Waals surface area (Å²) in [5.41, 5.74) is 7.29.